The molecule has 1 spiro atoms. The number of rotatable bonds is 2. The van der Waals surface area contributed by atoms with Crippen molar-refractivity contribution in [1.82, 2.24) is 20.5 Å². The number of anilines is 1. The first-order chi connectivity index (χ1) is 13.2. The van der Waals surface area contributed by atoms with Gasteiger partial charge in [-0.3, -0.25) is 4.79 Å². The molecule has 148 valence electrons. The molecule has 10 heteroatoms. The van der Waals surface area contributed by atoms with Crippen molar-refractivity contribution in [3.05, 3.63) is 29.5 Å². The van der Waals surface area contributed by atoms with Gasteiger partial charge in [-0.05, 0) is 31.5 Å². The Hall–Kier alpha value is -2.91. The number of phenolic OH excluding ortho intramolecular Hbond substituents is 1. The van der Waals surface area contributed by atoms with Crippen molar-refractivity contribution in [1.29, 1.82) is 0 Å². The van der Waals surface area contributed by atoms with Gasteiger partial charge in [0.05, 0.1) is 11.3 Å². The van der Waals surface area contributed by atoms with Crippen molar-refractivity contribution in [2.24, 2.45) is 5.41 Å². The maximum Gasteiger partial charge on any atom is 0.416 e. The molecule has 2 N–H and O–H groups in total. The summed E-state index contributed by atoms with van der Waals surface area (Å²) in [6, 6.07) is 2.72. The summed E-state index contributed by atoms with van der Waals surface area (Å²) in [6.45, 7) is 3.63. The van der Waals surface area contributed by atoms with Gasteiger partial charge in [0.1, 0.15) is 11.4 Å². The van der Waals surface area contributed by atoms with Gasteiger partial charge in [-0.1, -0.05) is 0 Å². The molecule has 0 unspecified atom stereocenters. The number of benzene rings is 1. The molecule has 0 aliphatic carbocycles. The number of aryl methyl sites for hydroxylation is 1. The molecular formula is C18H18F3N5O2. The lowest BCUT2D eigenvalue weighted by Crippen LogP contribution is -2.30. The van der Waals surface area contributed by atoms with Crippen molar-refractivity contribution < 1.29 is 23.1 Å². The summed E-state index contributed by atoms with van der Waals surface area (Å²) in [5.74, 6) is -0.0773. The standard InChI is InChI=1S/C18H18F3N5O2/c1-10-15(12-3-2-11(6-13(12)27)18(19,20)21)24-25-16(23-10)26-5-4-17(9-26)7-14(28)22-8-17/h2-3,6,27H,4-5,7-9H2,1H3,(H,22,28)/t17-/m0/s1. The number of hydrogen-bond acceptors (Lipinski definition) is 6. The van der Waals surface area contributed by atoms with Crippen LogP contribution in [0.15, 0.2) is 18.2 Å². The number of nitrogens with one attached hydrogen (secondary N) is 1. The van der Waals surface area contributed by atoms with E-state index in [2.05, 4.69) is 20.5 Å². The number of carbonyl (C=O) groups excluding carboxylic acids is 1. The van der Waals surface area contributed by atoms with Crippen molar-refractivity contribution in [2.45, 2.75) is 25.9 Å². The minimum Gasteiger partial charge on any atom is -0.507 e. The molecular weight excluding hydrogens is 375 g/mol. The van der Waals surface area contributed by atoms with E-state index in [1.807, 2.05) is 4.90 Å². The normalized spacial score (nSPS) is 22.1. The first kappa shape index (κ1) is 18.5. The molecule has 0 radical (unpaired) electrons. The molecule has 1 aromatic carbocycles. The quantitative estimate of drug-likeness (QED) is 0.814. The van der Waals surface area contributed by atoms with Crippen molar-refractivity contribution in [2.75, 3.05) is 24.5 Å². The molecule has 4 rings (SSSR count). The highest BCUT2D eigenvalue weighted by Gasteiger charge is 2.44. The maximum absolute atomic E-state index is 12.8. The van der Waals surface area contributed by atoms with Crippen molar-refractivity contribution in [3.8, 4) is 17.0 Å². The highest BCUT2D eigenvalue weighted by Crippen LogP contribution is 2.39. The van der Waals surface area contributed by atoms with Gasteiger partial charge in [-0.2, -0.15) is 13.2 Å². The van der Waals surface area contributed by atoms with E-state index in [0.29, 0.717) is 43.8 Å². The topological polar surface area (TPSA) is 91.2 Å². The number of alkyl halides is 3. The van der Waals surface area contributed by atoms with E-state index in [0.717, 1.165) is 18.6 Å². The molecule has 2 fully saturated rings. The number of aromatic nitrogens is 3. The predicted molar refractivity (Wildman–Crippen MR) is 93.6 cm³/mol. The molecule has 1 atom stereocenters. The summed E-state index contributed by atoms with van der Waals surface area (Å²) in [6.07, 6.45) is -3.22. The zero-order valence-corrected chi connectivity index (χ0v) is 15.0. The van der Waals surface area contributed by atoms with E-state index in [9.17, 15) is 23.1 Å². The molecule has 1 aromatic heterocycles. The molecule has 28 heavy (non-hydrogen) atoms. The van der Waals surface area contributed by atoms with Gasteiger partial charge in [0.2, 0.25) is 11.9 Å². The van der Waals surface area contributed by atoms with Gasteiger partial charge < -0.3 is 15.3 Å². The van der Waals surface area contributed by atoms with Crippen molar-refractivity contribution in [3.63, 3.8) is 0 Å². The lowest BCUT2D eigenvalue weighted by atomic mass is 9.86. The molecule has 0 bridgehead atoms. The van der Waals surface area contributed by atoms with E-state index < -0.39 is 17.5 Å². The minimum atomic E-state index is -4.54. The first-order valence-corrected chi connectivity index (χ1v) is 8.80. The van der Waals surface area contributed by atoms with E-state index in [1.54, 1.807) is 6.92 Å². The summed E-state index contributed by atoms with van der Waals surface area (Å²) >= 11 is 0. The van der Waals surface area contributed by atoms with E-state index >= 15 is 0 Å². The second kappa shape index (κ2) is 6.32. The summed E-state index contributed by atoms with van der Waals surface area (Å²) in [5.41, 5.74) is -0.242. The number of carbonyl (C=O) groups is 1. The third-order valence-corrected chi connectivity index (χ3v) is 5.35. The summed E-state index contributed by atoms with van der Waals surface area (Å²) in [4.78, 5) is 17.9. The second-order valence-electron chi connectivity index (χ2n) is 7.40. The summed E-state index contributed by atoms with van der Waals surface area (Å²) in [5, 5.41) is 21.1. The lowest BCUT2D eigenvalue weighted by molar-refractivity contribution is -0.137. The molecule has 7 nitrogen and oxygen atoms in total. The zero-order chi connectivity index (χ0) is 20.1. The Labute approximate surface area is 158 Å². The van der Waals surface area contributed by atoms with Crippen LogP contribution in [0.2, 0.25) is 0 Å². The SMILES string of the molecule is Cc1nc(N2CC[C@]3(CNC(=O)C3)C2)nnc1-c1ccc(C(F)(F)F)cc1O. The Morgan fingerprint density at radius 3 is 2.68 bits per heavy atom. The predicted octanol–water partition coefficient (Wildman–Crippen LogP) is 2.29. The summed E-state index contributed by atoms with van der Waals surface area (Å²) < 4.78 is 38.3. The third kappa shape index (κ3) is 3.23. The van der Waals surface area contributed by atoms with Crippen molar-refractivity contribution >= 4 is 11.9 Å². The molecule has 0 saturated carbocycles. The van der Waals surface area contributed by atoms with Crippen LogP contribution in [0.5, 0.6) is 5.75 Å². The number of aromatic hydroxyl groups is 1. The van der Waals surface area contributed by atoms with Crippen LogP contribution in [0.3, 0.4) is 0 Å². The molecule has 2 saturated heterocycles. The van der Waals surface area contributed by atoms with Gasteiger partial charge in [-0.15, -0.1) is 10.2 Å². The lowest BCUT2D eigenvalue weighted by Gasteiger charge is -2.21. The van der Waals surface area contributed by atoms with Crippen LogP contribution in [-0.4, -0.2) is 45.8 Å². The van der Waals surface area contributed by atoms with E-state index in [-0.39, 0.29) is 22.6 Å². The highest BCUT2D eigenvalue weighted by molar-refractivity contribution is 5.79. The number of amides is 1. The second-order valence-corrected chi connectivity index (χ2v) is 7.40. The summed E-state index contributed by atoms with van der Waals surface area (Å²) in [7, 11) is 0. The Morgan fingerprint density at radius 2 is 2.07 bits per heavy atom. The van der Waals surface area contributed by atoms with Crippen LogP contribution in [0.25, 0.3) is 11.3 Å². The van der Waals surface area contributed by atoms with Crippen LogP contribution in [-0.2, 0) is 11.0 Å². The average Bonchev–Trinajstić information content (AvgIpc) is 3.20. The van der Waals surface area contributed by atoms with Gasteiger partial charge in [0.15, 0.2) is 0 Å². The van der Waals surface area contributed by atoms with Crippen LogP contribution >= 0.6 is 0 Å². The minimum absolute atomic E-state index is 0.0465. The smallest absolute Gasteiger partial charge is 0.416 e. The highest BCUT2D eigenvalue weighted by atomic mass is 19.4. The molecule has 2 aliphatic rings. The van der Waals surface area contributed by atoms with Gasteiger partial charge in [-0.25, -0.2) is 4.98 Å². The first-order valence-electron chi connectivity index (χ1n) is 8.80. The molecule has 2 aromatic rings. The third-order valence-electron chi connectivity index (χ3n) is 5.35. The van der Waals surface area contributed by atoms with E-state index in [4.69, 9.17) is 0 Å². The number of hydrogen-bond donors (Lipinski definition) is 2. The fraction of sp³-hybridized carbons (Fsp3) is 0.444. The van der Waals surface area contributed by atoms with Crippen LogP contribution < -0.4 is 10.2 Å². The Kier molecular flexibility index (Phi) is 4.16. The van der Waals surface area contributed by atoms with Gasteiger partial charge in [0, 0.05) is 37.0 Å². The Bertz CT molecular complexity index is 949. The number of nitrogens with zero attached hydrogens (tertiary/aromatic N) is 4. The fourth-order valence-electron chi connectivity index (χ4n) is 3.83. The largest absolute Gasteiger partial charge is 0.507 e. The maximum atomic E-state index is 12.8. The molecule has 1 amide bonds. The average molecular weight is 393 g/mol. The van der Waals surface area contributed by atoms with Gasteiger partial charge >= 0.3 is 6.18 Å². The Balaban J connectivity index is 1.58. The van der Waals surface area contributed by atoms with E-state index in [1.165, 1.54) is 0 Å². The van der Waals surface area contributed by atoms with Gasteiger partial charge in [0.25, 0.3) is 0 Å². The Morgan fingerprint density at radius 1 is 1.29 bits per heavy atom. The number of phenols is 1. The zero-order valence-electron chi connectivity index (χ0n) is 15.0. The molecule has 3 heterocycles. The monoisotopic (exact) mass is 393 g/mol. The fourth-order valence-corrected chi connectivity index (χ4v) is 3.83. The van der Waals surface area contributed by atoms with Crippen LogP contribution in [0.4, 0.5) is 19.1 Å². The number of halogens is 3. The molecule has 2 aliphatic heterocycles. The van der Waals surface area contributed by atoms with Crippen LogP contribution in [0.1, 0.15) is 24.1 Å². The van der Waals surface area contributed by atoms with Crippen LogP contribution in [0, 0.1) is 12.3 Å².